The number of fused-ring (bicyclic) bond motifs is 1. The van der Waals surface area contributed by atoms with Gasteiger partial charge in [-0.05, 0) is 42.0 Å². The van der Waals surface area contributed by atoms with Crippen LogP contribution in [0.4, 0.5) is 0 Å². The second-order valence-electron chi connectivity index (χ2n) is 8.26. The Morgan fingerprint density at radius 2 is 1.32 bits per heavy atom. The van der Waals surface area contributed by atoms with Crippen molar-refractivity contribution in [3.8, 4) is 0 Å². The summed E-state index contributed by atoms with van der Waals surface area (Å²) in [6, 6.07) is 29.4. The van der Waals surface area contributed by atoms with E-state index in [0.717, 1.165) is 4.31 Å². The molecular formula is C29H20ClNO5S. The number of hydrogen-bond acceptors (Lipinski definition) is 5. The van der Waals surface area contributed by atoms with Gasteiger partial charge < -0.3 is 4.74 Å². The van der Waals surface area contributed by atoms with E-state index in [2.05, 4.69) is 0 Å². The van der Waals surface area contributed by atoms with E-state index in [1.807, 2.05) is 6.07 Å². The first kappa shape index (κ1) is 24.5. The summed E-state index contributed by atoms with van der Waals surface area (Å²) >= 11 is 5.96. The number of ether oxygens (including phenoxy) is 1. The third-order valence-electron chi connectivity index (χ3n) is 5.86. The lowest BCUT2D eigenvalue weighted by atomic mass is 10.0. The van der Waals surface area contributed by atoms with Crippen LogP contribution in [0.15, 0.2) is 120 Å². The molecule has 0 saturated heterocycles. The van der Waals surface area contributed by atoms with Gasteiger partial charge in [0.15, 0.2) is 5.76 Å². The molecule has 4 aromatic rings. The van der Waals surface area contributed by atoms with Crippen molar-refractivity contribution >= 4 is 39.1 Å². The molecule has 0 fully saturated rings. The third kappa shape index (κ3) is 4.79. The molecule has 184 valence electrons. The summed E-state index contributed by atoms with van der Waals surface area (Å²) in [7, 11) is -4.18. The number of benzene rings is 4. The average molecular weight is 530 g/mol. The highest BCUT2D eigenvalue weighted by molar-refractivity contribution is 7.89. The second kappa shape index (κ2) is 10.0. The van der Waals surface area contributed by atoms with E-state index in [1.165, 1.54) is 24.3 Å². The fourth-order valence-corrected chi connectivity index (χ4v) is 5.83. The van der Waals surface area contributed by atoms with E-state index in [4.69, 9.17) is 16.3 Å². The van der Waals surface area contributed by atoms with Gasteiger partial charge in [0.25, 0.3) is 10.0 Å². The second-order valence-corrected chi connectivity index (χ2v) is 10.5. The largest absolute Gasteiger partial charge is 0.420 e. The minimum atomic E-state index is -4.18. The fourth-order valence-electron chi connectivity index (χ4n) is 4.06. The Balaban J connectivity index is 1.74. The van der Waals surface area contributed by atoms with E-state index >= 15 is 0 Å². The lowest BCUT2D eigenvalue weighted by Gasteiger charge is -2.33. The number of rotatable bonds is 6. The van der Waals surface area contributed by atoms with Crippen molar-refractivity contribution in [2.75, 3.05) is 0 Å². The summed E-state index contributed by atoms with van der Waals surface area (Å²) < 4.78 is 34.6. The van der Waals surface area contributed by atoms with Gasteiger partial charge in [-0.25, -0.2) is 13.2 Å². The van der Waals surface area contributed by atoms with Gasteiger partial charge in [0.1, 0.15) is 5.70 Å². The zero-order valence-electron chi connectivity index (χ0n) is 19.4. The van der Waals surface area contributed by atoms with Gasteiger partial charge in [0, 0.05) is 16.1 Å². The molecule has 37 heavy (non-hydrogen) atoms. The maximum Gasteiger partial charge on any atom is 0.343 e. The van der Waals surface area contributed by atoms with Crippen LogP contribution in [0.5, 0.6) is 0 Å². The van der Waals surface area contributed by atoms with Crippen LogP contribution in [0.2, 0.25) is 5.02 Å². The number of ketones is 1. The van der Waals surface area contributed by atoms with Gasteiger partial charge in [0.2, 0.25) is 5.78 Å². The maximum atomic E-state index is 13.9. The molecule has 0 N–H and O–H groups in total. The number of sulfonamides is 1. The Morgan fingerprint density at radius 3 is 2.00 bits per heavy atom. The summed E-state index contributed by atoms with van der Waals surface area (Å²) in [5.41, 5.74) is 1.01. The van der Waals surface area contributed by atoms with Crippen molar-refractivity contribution in [1.82, 2.24) is 4.31 Å². The molecule has 1 aliphatic rings. The molecule has 0 saturated carbocycles. The Morgan fingerprint density at radius 1 is 0.730 bits per heavy atom. The molecule has 6 nitrogen and oxygen atoms in total. The minimum Gasteiger partial charge on any atom is -0.420 e. The van der Waals surface area contributed by atoms with E-state index in [0.29, 0.717) is 10.6 Å². The van der Waals surface area contributed by atoms with E-state index in [-0.39, 0.29) is 39.6 Å². The van der Waals surface area contributed by atoms with Crippen LogP contribution >= 0.6 is 11.6 Å². The number of Topliss-reactive ketones (excluding diaryl/α,β-unsaturated/α-hetero) is 1. The van der Waals surface area contributed by atoms with E-state index in [9.17, 15) is 18.0 Å². The van der Waals surface area contributed by atoms with Crippen LogP contribution < -0.4 is 0 Å². The highest BCUT2D eigenvalue weighted by Gasteiger charge is 2.41. The molecular weight excluding hydrogens is 510 g/mol. The first-order valence-electron chi connectivity index (χ1n) is 11.3. The summed E-state index contributed by atoms with van der Waals surface area (Å²) in [5, 5.41) is 0.443. The molecule has 1 aliphatic heterocycles. The van der Waals surface area contributed by atoms with Crippen LogP contribution in [0.25, 0.3) is 5.76 Å². The van der Waals surface area contributed by atoms with Crippen molar-refractivity contribution in [2.24, 2.45) is 0 Å². The van der Waals surface area contributed by atoms with Gasteiger partial charge in [-0.2, -0.15) is 0 Å². The lowest BCUT2D eigenvalue weighted by molar-refractivity contribution is 0.0685. The molecule has 0 radical (unpaired) electrons. The molecule has 4 aromatic carbocycles. The summed E-state index contributed by atoms with van der Waals surface area (Å²) in [6.45, 7) is -0.132. The smallest absolute Gasteiger partial charge is 0.343 e. The summed E-state index contributed by atoms with van der Waals surface area (Å²) in [6.07, 6.45) is 0. The van der Waals surface area contributed by atoms with Crippen LogP contribution in [0, 0.1) is 0 Å². The van der Waals surface area contributed by atoms with E-state index < -0.39 is 21.8 Å². The molecule has 0 aromatic heterocycles. The van der Waals surface area contributed by atoms with Crippen LogP contribution in [0.3, 0.4) is 0 Å². The molecule has 8 heteroatoms. The first-order valence-corrected chi connectivity index (χ1v) is 13.2. The van der Waals surface area contributed by atoms with E-state index in [1.54, 1.807) is 78.9 Å². The van der Waals surface area contributed by atoms with Crippen molar-refractivity contribution < 1.29 is 22.7 Å². The predicted octanol–water partition coefficient (Wildman–Crippen LogP) is 5.95. The van der Waals surface area contributed by atoms with Crippen molar-refractivity contribution in [1.29, 1.82) is 0 Å². The number of esters is 1. The first-order chi connectivity index (χ1) is 17.9. The van der Waals surface area contributed by atoms with Crippen LogP contribution in [0.1, 0.15) is 31.8 Å². The van der Waals surface area contributed by atoms with Crippen molar-refractivity contribution in [2.45, 2.75) is 11.4 Å². The third-order valence-corrected chi connectivity index (χ3v) is 7.91. The predicted molar refractivity (Wildman–Crippen MR) is 140 cm³/mol. The molecule has 0 bridgehead atoms. The number of nitrogens with zero attached hydrogens (tertiary/aromatic N) is 1. The average Bonchev–Trinajstić information content (AvgIpc) is 2.92. The molecule has 5 rings (SSSR count). The Bertz CT molecular complexity index is 1620. The number of carbonyl (C=O) groups excluding carboxylic acids is 2. The number of halogens is 1. The topological polar surface area (TPSA) is 80.8 Å². The van der Waals surface area contributed by atoms with Crippen LogP contribution in [-0.2, 0) is 21.3 Å². The monoisotopic (exact) mass is 529 g/mol. The SMILES string of the molecule is O=C(OC1=C(C(=O)c2ccccc2)N(Cc2ccccc2)S(=O)(=O)c2ccccc21)c1ccc(Cl)cc1. The molecule has 0 aliphatic carbocycles. The zero-order valence-corrected chi connectivity index (χ0v) is 20.9. The quantitative estimate of drug-likeness (QED) is 0.228. The van der Waals surface area contributed by atoms with Gasteiger partial charge in [-0.15, -0.1) is 0 Å². The van der Waals surface area contributed by atoms with Crippen molar-refractivity contribution in [3.05, 3.63) is 142 Å². The molecule has 0 unspecified atom stereocenters. The highest BCUT2D eigenvalue weighted by atomic mass is 35.5. The summed E-state index contributed by atoms with van der Waals surface area (Å²) in [5.74, 6) is -1.47. The van der Waals surface area contributed by atoms with Crippen LogP contribution in [-0.4, -0.2) is 24.5 Å². The molecule has 0 atom stereocenters. The normalized spacial score (nSPS) is 14.1. The molecule has 0 spiro atoms. The molecule has 1 heterocycles. The Hall–Kier alpha value is -4.20. The number of carbonyl (C=O) groups is 2. The van der Waals surface area contributed by atoms with Gasteiger partial charge in [-0.1, -0.05) is 84.4 Å². The van der Waals surface area contributed by atoms with Gasteiger partial charge >= 0.3 is 5.97 Å². The number of allylic oxidation sites excluding steroid dienone is 1. The highest BCUT2D eigenvalue weighted by Crippen LogP contribution is 2.40. The van der Waals surface area contributed by atoms with Gasteiger partial charge in [-0.3, -0.25) is 9.10 Å². The Labute approximate surface area is 219 Å². The zero-order chi connectivity index (χ0) is 26.0. The summed E-state index contributed by atoms with van der Waals surface area (Å²) in [4.78, 5) is 27.0. The minimum absolute atomic E-state index is 0.0607. The molecule has 0 amide bonds. The maximum absolute atomic E-state index is 13.9. The standard InChI is InChI=1S/C29H20ClNO5S/c30-23-17-15-22(16-18-23)29(33)36-28-24-13-7-8-14-25(24)37(34,35)31(19-20-9-3-1-4-10-20)26(28)27(32)21-11-5-2-6-12-21/h1-18H,19H2. The lowest BCUT2D eigenvalue weighted by Crippen LogP contribution is -2.38. The van der Waals surface area contributed by atoms with Gasteiger partial charge in [0.05, 0.1) is 17.0 Å². The number of hydrogen-bond donors (Lipinski definition) is 0. The Kier molecular flexibility index (Phi) is 6.65. The fraction of sp³-hybridized carbons (Fsp3) is 0.0345. The van der Waals surface area contributed by atoms with Crippen molar-refractivity contribution in [3.63, 3.8) is 0 Å².